The molecule has 1 aliphatic carbocycles. The first-order chi connectivity index (χ1) is 14.2. The van der Waals surface area contributed by atoms with Gasteiger partial charge >= 0.3 is 6.09 Å². The van der Waals surface area contributed by atoms with Crippen LogP contribution in [0, 0.1) is 0 Å². The summed E-state index contributed by atoms with van der Waals surface area (Å²) >= 11 is 0. The molecule has 0 heterocycles. The van der Waals surface area contributed by atoms with Crippen molar-refractivity contribution in [3.8, 4) is 11.1 Å². The third kappa shape index (κ3) is 5.17. The second kappa shape index (κ2) is 10.4. The Bertz CT molecular complexity index is 761. The molecular weight excluding hydrogens is 365 g/mol. The summed E-state index contributed by atoms with van der Waals surface area (Å²) in [4.78, 5) is 12.5. The van der Waals surface area contributed by atoms with Crippen molar-refractivity contribution >= 4 is 6.09 Å². The van der Waals surface area contributed by atoms with E-state index in [0.29, 0.717) is 12.8 Å². The van der Waals surface area contributed by atoms with Crippen LogP contribution in [0.5, 0.6) is 0 Å². The summed E-state index contributed by atoms with van der Waals surface area (Å²) < 4.78 is 20.2. The van der Waals surface area contributed by atoms with Crippen LogP contribution in [0.3, 0.4) is 0 Å². The van der Waals surface area contributed by atoms with Crippen molar-refractivity contribution in [2.45, 2.75) is 70.5 Å². The van der Waals surface area contributed by atoms with Gasteiger partial charge in [0.15, 0.2) is 0 Å². The Morgan fingerprint density at radius 2 is 1.52 bits per heavy atom. The highest BCUT2D eigenvalue weighted by Gasteiger charge is 2.29. The van der Waals surface area contributed by atoms with Crippen molar-refractivity contribution in [2.24, 2.45) is 0 Å². The molecule has 29 heavy (non-hydrogen) atoms. The number of halogens is 1. The number of hydrogen-bond donors (Lipinski definition) is 1. The van der Waals surface area contributed by atoms with Crippen LogP contribution in [0.2, 0.25) is 0 Å². The number of alkyl carbamates (subject to hydrolysis) is 1. The maximum atomic E-state index is 14.6. The largest absolute Gasteiger partial charge is 0.449 e. The molecule has 0 unspecified atom stereocenters. The fraction of sp³-hybridized carbons (Fsp3) is 0.480. The number of nitrogens with one attached hydrogen (secondary N) is 1. The van der Waals surface area contributed by atoms with E-state index in [0.717, 1.165) is 25.7 Å². The van der Waals surface area contributed by atoms with Gasteiger partial charge in [0.25, 0.3) is 0 Å². The summed E-state index contributed by atoms with van der Waals surface area (Å²) in [5.41, 5.74) is 4.74. The van der Waals surface area contributed by atoms with Gasteiger partial charge in [-0.25, -0.2) is 9.18 Å². The Balaban J connectivity index is 1.63. The van der Waals surface area contributed by atoms with Gasteiger partial charge in [0.1, 0.15) is 12.8 Å². The molecule has 0 saturated carbocycles. The lowest BCUT2D eigenvalue weighted by atomic mass is 9.98. The Hall–Kier alpha value is -2.36. The highest BCUT2D eigenvalue weighted by atomic mass is 19.1. The second-order valence-electron chi connectivity index (χ2n) is 7.88. The molecule has 0 fully saturated rings. The van der Waals surface area contributed by atoms with Crippen molar-refractivity contribution < 1.29 is 13.9 Å². The number of carbonyl (C=O) groups is 1. The molecular formula is C25H32FNO2. The van der Waals surface area contributed by atoms with Crippen LogP contribution in [0.25, 0.3) is 11.1 Å². The molecule has 3 rings (SSSR count). The molecule has 0 saturated heterocycles. The van der Waals surface area contributed by atoms with Crippen LogP contribution in [0.15, 0.2) is 48.5 Å². The average Bonchev–Trinajstić information content (AvgIpc) is 3.07. The lowest BCUT2D eigenvalue weighted by Gasteiger charge is -2.23. The van der Waals surface area contributed by atoms with E-state index in [1.54, 1.807) is 0 Å². The number of hydrogen-bond acceptors (Lipinski definition) is 2. The summed E-state index contributed by atoms with van der Waals surface area (Å²) in [6, 6.07) is 16.0. The molecule has 1 amide bonds. The summed E-state index contributed by atoms with van der Waals surface area (Å²) in [6.45, 7) is 4.38. The van der Waals surface area contributed by atoms with Crippen LogP contribution in [0.1, 0.15) is 69.4 Å². The maximum Gasteiger partial charge on any atom is 0.407 e. The zero-order chi connectivity index (χ0) is 20.6. The molecule has 0 bridgehead atoms. The van der Waals surface area contributed by atoms with Gasteiger partial charge in [-0.2, -0.15) is 0 Å². The molecule has 0 aliphatic heterocycles. The normalized spacial score (nSPS) is 14.7. The zero-order valence-corrected chi connectivity index (χ0v) is 17.5. The molecule has 4 heteroatoms. The number of rotatable bonds is 10. The molecule has 2 aromatic carbocycles. The number of benzene rings is 2. The van der Waals surface area contributed by atoms with Gasteiger partial charge < -0.3 is 10.1 Å². The molecule has 0 radical (unpaired) electrons. The first kappa shape index (κ1) is 21.4. The second-order valence-corrected chi connectivity index (χ2v) is 7.88. The van der Waals surface area contributed by atoms with Gasteiger partial charge in [-0.3, -0.25) is 0 Å². The number of unbranched alkanes of at least 4 members (excludes halogenated alkanes) is 2. The van der Waals surface area contributed by atoms with Crippen molar-refractivity contribution in [1.29, 1.82) is 0 Å². The molecule has 3 nitrogen and oxygen atoms in total. The van der Waals surface area contributed by atoms with E-state index < -0.39 is 18.3 Å². The Labute approximate surface area is 173 Å². The Morgan fingerprint density at radius 3 is 2.10 bits per heavy atom. The lowest BCUT2D eigenvalue weighted by Crippen LogP contribution is -2.42. The van der Waals surface area contributed by atoms with E-state index in [4.69, 9.17) is 4.74 Å². The SMILES string of the molecule is CCCC[C@H](NC(=O)OCC1c2ccccc2-c2ccccc21)[C@@H](F)CCCC. The fourth-order valence-corrected chi connectivity index (χ4v) is 4.16. The highest BCUT2D eigenvalue weighted by Crippen LogP contribution is 2.44. The molecule has 0 spiro atoms. The van der Waals surface area contributed by atoms with Gasteiger partial charge in [0.2, 0.25) is 0 Å². The van der Waals surface area contributed by atoms with Gasteiger partial charge in [-0.1, -0.05) is 88.1 Å². The third-order valence-corrected chi connectivity index (χ3v) is 5.79. The van der Waals surface area contributed by atoms with E-state index in [2.05, 4.69) is 36.5 Å². The summed E-state index contributed by atoms with van der Waals surface area (Å²) in [5.74, 6) is 0.0171. The number of amides is 1. The molecule has 0 aromatic heterocycles. The monoisotopic (exact) mass is 397 g/mol. The van der Waals surface area contributed by atoms with Crippen LogP contribution in [-0.4, -0.2) is 24.9 Å². The van der Waals surface area contributed by atoms with Gasteiger partial charge in [-0.15, -0.1) is 0 Å². The predicted molar refractivity (Wildman–Crippen MR) is 116 cm³/mol. The number of carbonyl (C=O) groups excluding carboxylic acids is 1. The summed E-state index contributed by atoms with van der Waals surface area (Å²) in [7, 11) is 0. The molecule has 156 valence electrons. The van der Waals surface area contributed by atoms with Crippen molar-refractivity contribution in [3.05, 3.63) is 59.7 Å². The van der Waals surface area contributed by atoms with Crippen LogP contribution in [0.4, 0.5) is 9.18 Å². The summed E-state index contributed by atoms with van der Waals surface area (Å²) in [6.07, 6.45) is 3.22. The topological polar surface area (TPSA) is 38.3 Å². The Kier molecular flexibility index (Phi) is 7.68. The van der Waals surface area contributed by atoms with E-state index in [1.165, 1.54) is 22.3 Å². The number of fused-ring (bicyclic) bond motifs is 3. The minimum atomic E-state index is -1.03. The van der Waals surface area contributed by atoms with Crippen LogP contribution < -0.4 is 5.32 Å². The van der Waals surface area contributed by atoms with Gasteiger partial charge in [0, 0.05) is 5.92 Å². The van der Waals surface area contributed by atoms with E-state index >= 15 is 0 Å². The highest BCUT2D eigenvalue weighted by molar-refractivity contribution is 5.79. The van der Waals surface area contributed by atoms with Gasteiger partial charge in [-0.05, 0) is 35.1 Å². The quantitative estimate of drug-likeness (QED) is 0.490. The molecule has 2 aromatic rings. The van der Waals surface area contributed by atoms with E-state index in [-0.39, 0.29) is 12.5 Å². The van der Waals surface area contributed by atoms with Crippen molar-refractivity contribution in [3.63, 3.8) is 0 Å². The third-order valence-electron chi connectivity index (χ3n) is 5.79. The minimum Gasteiger partial charge on any atom is -0.449 e. The van der Waals surface area contributed by atoms with Crippen molar-refractivity contribution in [1.82, 2.24) is 5.32 Å². The first-order valence-corrected chi connectivity index (χ1v) is 10.9. The predicted octanol–water partition coefficient (Wildman–Crippen LogP) is 6.61. The smallest absolute Gasteiger partial charge is 0.407 e. The van der Waals surface area contributed by atoms with E-state index in [9.17, 15) is 9.18 Å². The van der Waals surface area contributed by atoms with E-state index in [1.807, 2.05) is 31.2 Å². The minimum absolute atomic E-state index is 0.0171. The number of alkyl halides is 1. The Morgan fingerprint density at radius 1 is 0.966 bits per heavy atom. The standard InChI is InChI=1S/C25H32FNO2/c1-3-5-15-23(26)24(16-6-4-2)27-25(28)29-17-22-20-13-9-7-11-18(20)19-12-8-10-14-21(19)22/h7-14,22-24H,3-6,15-17H2,1-2H3,(H,27,28)/t23-,24-/m0/s1. The van der Waals surface area contributed by atoms with Crippen molar-refractivity contribution in [2.75, 3.05) is 6.61 Å². The zero-order valence-electron chi connectivity index (χ0n) is 17.5. The maximum absolute atomic E-state index is 14.6. The van der Waals surface area contributed by atoms with Gasteiger partial charge in [0.05, 0.1) is 6.04 Å². The first-order valence-electron chi connectivity index (χ1n) is 10.9. The average molecular weight is 398 g/mol. The molecule has 2 atom stereocenters. The summed E-state index contributed by atoms with van der Waals surface area (Å²) in [5, 5.41) is 2.80. The van der Waals surface area contributed by atoms with Crippen LogP contribution in [-0.2, 0) is 4.74 Å². The molecule has 1 N–H and O–H groups in total. The number of ether oxygens (including phenoxy) is 1. The lowest BCUT2D eigenvalue weighted by molar-refractivity contribution is 0.127. The fourth-order valence-electron chi connectivity index (χ4n) is 4.16. The molecule has 1 aliphatic rings. The van der Waals surface area contributed by atoms with Crippen LogP contribution >= 0.6 is 0 Å².